The van der Waals surface area contributed by atoms with Gasteiger partial charge in [0.2, 0.25) is 0 Å². The van der Waals surface area contributed by atoms with Crippen LogP contribution in [0.4, 0.5) is 4.79 Å². The molecule has 4 heteroatoms. The smallest absolute Gasteiger partial charge is 0.407 e. The Bertz CT molecular complexity index is 222. The third-order valence-corrected chi connectivity index (χ3v) is 2.46. The van der Waals surface area contributed by atoms with E-state index < -0.39 is 5.60 Å². The highest BCUT2D eigenvalue weighted by Gasteiger charge is 2.22. The molecule has 0 saturated heterocycles. The van der Waals surface area contributed by atoms with Gasteiger partial charge in [0, 0.05) is 10.9 Å². The predicted molar refractivity (Wildman–Crippen MR) is 71.0 cm³/mol. The normalized spacial score (nSPS) is 15.8. The number of nitrogens with one attached hydrogen (secondary N) is 1. The number of carbonyl (C=O) groups excluding carboxylic acids is 1. The maximum atomic E-state index is 11.6. The first kappa shape index (κ1) is 15.8. The van der Waals surface area contributed by atoms with Gasteiger partial charge in [-0.3, -0.25) is 0 Å². The van der Waals surface area contributed by atoms with E-state index in [4.69, 9.17) is 4.74 Å². The molecule has 0 bridgehead atoms. The number of alkyl halides is 1. The molecule has 0 aromatic rings. The Labute approximate surface area is 107 Å². The highest BCUT2D eigenvalue weighted by atomic mass is 79.9. The van der Waals surface area contributed by atoms with Crippen LogP contribution in [0.15, 0.2) is 0 Å². The van der Waals surface area contributed by atoms with E-state index in [9.17, 15) is 4.79 Å². The molecule has 0 aromatic carbocycles. The molecule has 0 aliphatic carbocycles. The zero-order valence-electron chi connectivity index (χ0n) is 11.1. The van der Waals surface area contributed by atoms with Crippen molar-refractivity contribution in [3.63, 3.8) is 0 Å². The second-order valence-electron chi connectivity index (χ2n) is 5.51. The molecule has 1 amide bonds. The monoisotopic (exact) mass is 293 g/mol. The van der Waals surface area contributed by atoms with Crippen molar-refractivity contribution in [3.05, 3.63) is 0 Å². The van der Waals surface area contributed by atoms with Crippen molar-refractivity contribution in [2.24, 2.45) is 5.92 Å². The van der Waals surface area contributed by atoms with Gasteiger partial charge in [-0.2, -0.15) is 0 Å². The molecule has 0 spiro atoms. The van der Waals surface area contributed by atoms with Gasteiger partial charge in [-0.1, -0.05) is 36.7 Å². The Morgan fingerprint density at radius 2 is 1.81 bits per heavy atom. The van der Waals surface area contributed by atoms with E-state index in [2.05, 4.69) is 42.0 Å². The van der Waals surface area contributed by atoms with Gasteiger partial charge in [-0.05, 0) is 33.1 Å². The molecular formula is C12H24BrNO2. The number of carbonyl (C=O) groups is 1. The first-order valence-corrected chi connectivity index (χ1v) is 6.67. The first-order valence-electron chi connectivity index (χ1n) is 5.75. The molecule has 0 aromatic heterocycles. The van der Waals surface area contributed by atoms with Crippen molar-refractivity contribution in [2.45, 2.75) is 64.4 Å². The Morgan fingerprint density at radius 3 is 2.12 bits per heavy atom. The van der Waals surface area contributed by atoms with Crippen LogP contribution in [0.5, 0.6) is 0 Å². The van der Waals surface area contributed by atoms with E-state index in [1.165, 1.54) is 0 Å². The molecule has 16 heavy (non-hydrogen) atoms. The molecule has 96 valence electrons. The predicted octanol–water partition coefficient (Wildman–Crippen LogP) is 3.71. The summed E-state index contributed by atoms with van der Waals surface area (Å²) < 4.78 is 5.23. The Hall–Kier alpha value is -0.250. The van der Waals surface area contributed by atoms with Crippen LogP contribution in [0, 0.1) is 5.92 Å². The van der Waals surface area contributed by atoms with Crippen LogP contribution >= 0.6 is 15.9 Å². The summed E-state index contributed by atoms with van der Waals surface area (Å²) in [6, 6.07) is 0.143. The van der Waals surface area contributed by atoms with Crippen LogP contribution in [0.1, 0.15) is 48.0 Å². The molecule has 0 aliphatic rings. The molecule has 0 aliphatic heterocycles. The van der Waals surface area contributed by atoms with Crippen molar-refractivity contribution in [1.82, 2.24) is 5.32 Å². The van der Waals surface area contributed by atoms with Crippen LogP contribution in [-0.4, -0.2) is 22.6 Å². The highest BCUT2D eigenvalue weighted by molar-refractivity contribution is 9.09. The van der Waals surface area contributed by atoms with E-state index in [1.54, 1.807) is 0 Å². The molecule has 2 unspecified atom stereocenters. The van der Waals surface area contributed by atoms with Crippen molar-refractivity contribution in [3.8, 4) is 0 Å². The van der Waals surface area contributed by atoms with Crippen molar-refractivity contribution >= 4 is 22.0 Å². The molecule has 0 saturated carbocycles. The lowest BCUT2D eigenvalue weighted by Crippen LogP contribution is -2.42. The zero-order chi connectivity index (χ0) is 12.9. The Kier molecular flexibility index (Phi) is 6.38. The van der Waals surface area contributed by atoms with Crippen molar-refractivity contribution < 1.29 is 9.53 Å². The lowest BCUT2D eigenvalue weighted by atomic mass is 10.00. The van der Waals surface area contributed by atoms with E-state index in [-0.39, 0.29) is 12.1 Å². The fourth-order valence-electron chi connectivity index (χ4n) is 1.31. The Morgan fingerprint density at radius 1 is 1.31 bits per heavy atom. The fraction of sp³-hybridized carbons (Fsp3) is 0.917. The topological polar surface area (TPSA) is 38.3 Å². The number of ether oxygens (including phenoxy) is 1. The van der Waals surface area contributed by atoms with Gasteiger partial charge >= 0.3 is 6.09 Å². The molecule has 2 atom stereocenters. The number of rotatable bonds is 4. The minimum atomic E-state index is -0.439. The summed E-state index contributed by atoms with van der Waals surface area (Å²) in [5.41, 5.74) is -0.439. The minimum Gasteiger partial charge on any atom is -0.444 e. The van der Waals surface area contributed by atoms with Gasteiger partial charge in [0.05, 0.1) is 0 Å². The average Bonchev–Trinajstić information content (AvgIpc) is 1.97. The van der Waals surface area contributed by atoms with Gasteiger partial charge < -0.3 is 10.1 Å². The van der Waals surface area contributed by atoms with Gasteiger partial charge in [-0.25, -0.2) is 4.79 Å². The molecular weight excluding hydrogens is 270 g/mol. The molecule has 1 N–H and O–H groups in total. The van der Waals surface area contributed by atoms with Crippen LogP contribution in [-0.2, 0) is 4.74 Å². The van der Waals surface area contributed by atoms with Gasteiger partial charge in [0.15, 0.2) is 0 Å². The molecule has 0 heterocycles. The summed E-state index contributed by atoms with van der Waals surface area (Å²) in [6.45, 7) is 11.9. The van der Waals surface area contributed by atoms with Crippen LogP contribution < -0.4 is 5.32 Å². The first-order chi connectivity index (χ1) is 7.11. The minimum absolute atomic E-state index is 0.143. The molecule has 0 rings (SSSR count). The largest absolute Gasteiger partial charge is 0.444 e. The number of alkyl carbamates (subject to hydrolysis) is 1. The summed E-state index contributed by atoms with van der Waals surface area (Å²) in [6.07, 6.45) is 0.566. The van der Waals surface area contributed by atoms with E-state index in [0.29, 0.717) is 10.7 Å². The standard InChI is InChI=1S/C12H24BrNO2/c1-8(2)10(7-9(3)13)14-11(15)16-12(4,5)6/h8-10H,7H2,1-6H3,(H,14,15). The molecule has 0 radical (unpaired) electrons. The number of hydrogen-bond acceptors (Lipinski definition) is 2. The maximum Gasteiger partial charge on any atom is 0.407 e. The second-order valence-corrected chi connectivity index (χ2v) is 7.08. The quantitative estimate of drug-likeness (QED) is 0.803. The summed E-state index contributed by atoms with van der Waals surface area (Å²) in [5, 5.41) is 2.91. The lowest BCUT2D eigenvalue weighted by Gasteiger charge is -2.26. The van der Waals surface area contributed by atoms with E-state index >= 15 is 0 Å². The number of hydrogen-bond donors (Lipinski definition) is 1. The van der Waals surface area contributed by atoms with Crippen LogP contribution in [0.2, 0.25) is 0 Å². The Balaban J connectivity index is 4.24. The summed E-state index contributed by atoms with van der Waals surface area (Å²) >= 11 is 3.50. The summed E-state index contributed by atoms with van der Waals surface area (Å²) in [7, 11) is 0. The van der Waals surface area contributed by atoms with Crippen molar-refractivity contribution in [2.75, 3.05) is 0 Å². The lowest BCUT2D eigenvalue weighted by molar-refractivity contribution is 0.0488. The summed E-state index contributed by atoms with van der Waals surface area (Å²) in [5.74, 6) is 0.396. The third kappa shape index (κ3) is 7.97. The zero-order valence-corrected chi connectivity index (χ0v) is 12.7. The highest BCUT2D eigenvalue weighted by Crippen LogP contribution is 2.15. The van der Waals surface area contributed by atoms with E-state index in [1.807, 2.05) is 20.8 Å². The second kappa shape index (κ2) is 6.48. The SMILES string of the molecule is CC(Br)CC(NC(=O)OC(C)(C)C)C(C)C. The third-order valence-electron chi connectivity index (χ3n) is 2.09. The molecule has 3 nitrogen and oxygen atoms in total. The van der Waals surface area contributed by atoms with E-state index in [0.717, 1.165) is 6.42 Å². The number of halogens is 1. The van der Waals surface area contributed by atoms with Gasteiger partial charge in [0.1, 0.15) is 5.60 Å². The van der Waals surface area contributed by atoms with Crippen molar-refractivity contribution in [1.29, 1.82) is 0 Å². The fourth-order valence-corrected chi connectivity index (χ4v) is 1.71. The van der Waals surface area contributed by atoms with Crippen LogP contribution in [0.25, 0.3) is 0 Å². The molecule has 0 fully saturated rings. The van der Waals surface area contributed by atoms with Crippen LogP contribution in [0.3, 0.4) is 0 Å². The van der Waals surface area contributed by atoms with Gasteiger partial charge in [0.25, 0.3) is 0 Å². The van der Waals surface area contributed by atoms with Gasteiger partial charge in [-0.15, -0.1) is 0 Å². The number of amides is 1. The maximum absolute atomic E-state index is 11.6. The average molecular weight is 294 g/mol. The summed E-state index contributed by atoms with van der Waals surface area (Å²) in [4.78, 5) is 12.0.